The number of hydrogen-bond acceptors (Lipinski definition) is 3. The van der Waals surface area contributed by atoms with E-state index in [4.69, 9.17) is 0 Å². The van der Waals surface area contributed by atoms with Crippen molar-refractivity contribution in [2.75, 3.05) is 18.4 Å². The standard InChI is InChI=1S/C16H21F3N2O2/c1-11-7-9-21(10-8-11)12(2)15(22)20-13-3-5-14(6-4-13)23-16(17,18)19/h3-6,11-12H,7-10H2,1-2H3,(H,20,22)/t12-/m0/s1. The largest absolute Gasteiger partial charge is 0.573 e. The van der Waals surface area contributed by atoms with E-state index in [2.05, 4.69) is 21.9 Å². The van der Waals surface area contributed by atoms with Crippen LogP contribution in [0.2, 0.25) is 0 Å². The molecule has 1 amide bonds. The third-order valence-corrected chi connectivity index (χ3v) is 4.10. The Kier molecular flexibility index (Phi) is 5.51. The van der Waals surface area contributed by atoms with Crippen LogP contribution in [0.5, 0.6) is 5.75 Å². The molecule has 1 aromatic carbocycles. The molecular formula is C16H21F3N2O2. The van der Waals surface area contributed by atoms with Crippen molar-refractivity contribution in [3.63, 3.8) is 0 Å². The molecule has 7 heteroatoms. The first-order valence-electron chi connectivity index (χ1n) is 7.65. The number of halogens is 3. The molecule has 23 heavy (non-hydrogen) atoms. The predicted octanol–water partition coefficient (Wildman–Crippen LogP) is 3.64. The zero-order chi connectivity index (χ0) is 17.0. The van der Waals surface area contributed by atoms with Crippen molar-refractivity contribution in [3.05, 3.63) is 24.3 Å². The maximum Gasteiger partial charge on any atom is 0.573 e. The van der Waals surface area contributed by atoms with Gasteiger partial charge in [-0.1, -0.05) is 6.92 Å². The topological polar surface area (TPSA) is 41.6 Å². The van der Waals surface area contributed by atoms with E-state index < -0.39 is 6.36 Å². The summed E-state index contributed by atoms with van der Waals surface area (Å²) in [6, 6.07) is 4.87. The highest BCUT2D eigenvalue weighted by molar-refractivity contribution is 5.94. The Bertz CT molecular complexity index is 523. The van der Waals surface area contributed by atoms with Crippen molar-refractivity contribution in [1.82, 2.24) is 4.90 Å². The minimum Gasteiger partial charge on any atom is -0.406 e. The van der Waals surface area contributed by atoms with Gasteiger partial charge in [0.05, 0.1) is 6.04 Å². The summed E-state index contributed by atoms with van der Waals surface area (Å²) in [6.45, 7) is 5.81. The molecule has 1 heterocycles. The highest BCUT2D eigenvalue weighted by Crippen LogP contribution is 2.24. The molecule has 0 spiro atoms. The first kappa shape index (κ1) is 17.6. The first-order chi connectivity index (χ1) is 10.7. The van der Waals surface area contributed by atoms with Crippen molar-refractivity contribution < 1.29 is 22.7 Å². The molecule has 2 rings (SSSR count). The number of likely N-dealkylation sites (tertiary alicyclic amines) is 1. The number of carbonyl (C=O) groups is 1. The number of alkyl halides is 3. The van der Waals surface area contributed by atoms with Gasteiger partial charge in [-0.05, 0) is 63.0 Å². The van der Waals surface area contributed by atoms with Gasteiger partial charge in [0.2, 0.25) is 5.91 Å². The Labute approximate surface area is 133 Å². The zero-order valence-electron chi connectivity index (χ0n) is 13.2. The highest BCUT2D eigenvalue weighted by Gasteiger charge is 2.31. The average Bonchev–Trinajstić information content (AvgIpc) is 2.48. The van der Waals surface area contributed by atoms with Crippen LogP contribution in [0.1, 0.15) is 26.7 Å². The summed E-state index contributed by atoms with van der Waals surface area (Å²) in [6.07, 6.45) is -2.58. The fourth-order valence-corrected chi connectivity index (χ4v) is 2.57. The number of nitrogens with one attached hydrogen (secondary N) is 1. The fraction of sp³-hybridized carbons (Fsp3) is 0.562. The van der Waals surface area contributed by atoms with Crippen LogP contribution in [0.3, 0.4) is 0 Å². The monoisotopic (exact) mass is 330 g/mol. The molecule has 1 aliphatic rings. The van der Waals surface area contributed by atoms with Crippen molar-refractivity contribution in [2.45, 2.75) is 39.1 Å². The van der Waals surface area contributed by atoms with Crippen LogP contribution in [0.15, 0.2) is 24.3 Å². The van der Waals surface area contributed by atoms with Gasteiger partial charge in [-0.3, -0.25) is 9.69 Å². The molecule has 1 aliphatic heterocycles. The molecule has 0 aromatic heterocycles. The summed E-state index contributed by atoms with van der Waals surface area (Å²) in [5.41, 5.74) is 0.446. The Balaban J connectivity index is 1.89. The van der Waals surface area contributed by atoms with Gasteiger partial charge in [-0.2, -0.15) is 0 Å². The van der Waals surface area contributed by atoms with Gasteiger partial charge in [0.25, 0.3) is 0 Å². The van der Waals surface area contributed by atoms with E-state index in [1.807, 2.05) is 6.92 Å². The number of nitrogens with zero attached hydrogens (tertiary/aromatic N) is 1. The quantitative estimate of drug-likeness (QED) is 0.916. The molecule has 1 fully saturated rings. The van der Waals surface area contributed by atoms with Gasteiger partial charge in [0.1, 0.15) is 5.75 Å². The zero-order valence-corrected chi connectivity index (χ0v) is 13.2. The Morgan fingerprint density at radius 3 is 2.35 bits per heavy atom. The Hall–Kier alpha value is -1.76. The summed E-state index contributed by atoms with van der Waals surface area (Å²) in [7, 11) is 0. The molecule has 0 radical (unpaired) electrons. The van der Waals surface area contributed by atoms with E-state index >= 15 is 0 Å². The highest BCUT2D eigenvalue weighted by atomic mass is 19.4. The predicted molar refractivity (Wildman–Crippen MR) is 81.2 cm³/mol. The summed E-state index contributed by atoms with van der Waals surface area (Å²) in [5, 5.41) is 2.72. The van der Waals surface area contributed by atoms with Gasteiger partial charge < -0.3 is 10.1 Å². The molecule has 4 nitrogen and oxygen atoms in total. The molecule has 128 valence electrons. The third-order valence-electron chi connectivity index (χ3n) is 4.10. The smallest absolute Gasteiger partial charge is 0.406 e. The van der Waals surface area contributed by atoms with Crippen molar-refractivity contribution in [2.24, 2.45) is 5.92 Å². The summed E-state index contributed by atoms with van der Waals surface area (Å²) in [5.74, 6) is 0.209. The van der Waals surface area contributed by atoms with E-state index in [1.54, 1.807) is 0 Å². The summed E-state index contributed by atoms with van der Waals surface area (Å²) < 4.78 is 40.1. The third kappa shape index (κ3) is 5.42. The van der Waals surface area contributed by atoms with Crippen molar-refractivity contribution >= 4 is 11.6 Å². The molecule has 1 N–H and O–H groups in total. The summed E-state index contributed by atoms with van der Waals surface area (Å²) >= 11 is 0. The normalized spacial score (nSPS) is 18.5. The SMILES string of the molecule is CC1CCN([C@@H](C)C(=O)Nc2ccc(OC(F)(F)F)cc2)CC1. The van der Waals surface area contributed by atoms with Crippen LogP contribution >= 0.6 is 0 Å². The molecule has 0 saturated carbocycles. The number of hydrogen-bond donors (Lipinski definition) is 1. The molecule has 1 aromatic rings. The second-order valence-electron chi connectivity index (χ2n) is 5.96. The number of amides is 1. The fourth-order valence-electron chi connectivity index (χ4n) is 2.57. The van der Waals surface area contributed by atoms with Gasteiger partial charge in [-0.15, -0.1) is 13.2 Å². The summed E-state index contributed by atoms with van der Waals surface area (Å²) in [4.78, 5) is 14.4. The van der Waals surface area contributed by atoms with E-state index in [9.17, 15) is 18.0 Å². The minimum absolute atomic E-state index is 0.163. The van der Waals surface area contributed by atoms with E-state index in [0.29, 0.717) is 11.6 Å². The number of benzene rings is 1. The molecule has 0 unspecified atom stereocenters. The molecule has 0 bridgehead atoms. The molecule has 0 aliphatic carbocycles. The molecular weight excluding hydrogens is 309 g/mol. The average molecular weight is 330 g/mol. The number of carbonyl (C=O) groups excluding carboxylic acids is 1. The second kappa shape index (κ2) is 7.21. The lowest BCUT2D eigenvalue weighted by atomic mass is 9.98. The lowest BCUT2D eigenvalue weighted by Crippen LogP contribution is -2.45. The minimum atomic E-state index is -4.72. The number of ether oxygens (including phenoxy) is 1. The van der Waals surface area contributed by atoms with Gasteiger partial charge in [0.15, 0.2) is 0 Å². The van der Waals surface area contributed by atoms with Crippen LogP contribution in [0, 0.1) is 5.92 Å². The van der Waals surface area contributed by atoms with E-state index in [0.717, 1.165) is 25.9 Å². The van der Waals surface area contributed by atoms with Gasteiger partial charge in [0, 0.05) is 5.69 Å². The van der Waals surface area contributed by atoms with Crippen LogP contribution in [0.25, 0.3) is 0 Å². The van der Waals surface area contributed by atoms with Crippen LogP contribution in [0.4, 0.5) is 18.9 Å². The van der Waals surface area contributed by atoms with E-state index in [-0.39, 0.29) is 17.7 Å². The number of piperidine rings is 1. The Morgan fingerprint density at radius 2 is 1.83 bits per heavy atom. The lowest BCUT2D eigenvalue weighted by molar-refractivity contribution is -0.274. The maximum atomic E-state index is 12.2. The van der Waals surface area contributed by atoms with Crippen molar-refractivity contribution in [1.29, 1.82) is 0 Å². The van der Waals surface area contributed by atoms with Crippen molar-refractivity contribution in [3.8, 4) is 5.75 Å². The second-order valence-corrected chi connectivity index (χ2v) is 5.96. The van der Waals surface area contributed by atoms with E-state index in [1.165, 1.54) is 24.3 Å². The van der Waals surface area contributed by atoms with Crippen LogP contribution in [-0.4, -0.2) is 36.3 Å². The van der Waals surface area contributed by atoms with Crippen LogP contribution < -0.4 is 10.1 Å². The van der Waals surface area contributed by atoms with Gasteiger partial charge in [-0.25, -0.2) is 0 Å². The maximum absolute atomic E-state index is 12.2. The van der Waals surface area contributed by atoms with Crippen LogP contribution in [-0.2, 0) is 4.79 Å². The molecule has 1 saturated heterocycles. The van der Waals surface area contributed by atoms with Gasteiger partial charge >= 0.3 is 6.36 Å². The molecule has 1 atom stereocenters. The number of anilines is 1. The number of rotatable bonds is 4. The first-order valence-corrected chi connectivity index (χ1v) is 7.65. The lowest BCUT2D eigenvalue weighted by Gasteiger charge is -2.34. The Morgan fingerprint density at radius 1 is 1.26 bits per heavy atom.